The van der Waals surface area contributed by atoms with E-state index in [-0.39, 0.29) is 5.91 Å². The Kier molecular flexibility index (Phi) is 4.92. The molecule has 2 heterocycles. The second-order valence-corrected chi connectivity index (χ2v) is 6.56. The van der Waals surface area contributed by atoms with Crippen molar-refractivity contribution in [3.63, 3.8) is 0 Å². The standard InChI is InChI=1S/C22H23N3O2/c1-2-27-21-10-6-5-9-20(21)24-13-15-25(16-14-24)22(26)18-11-12-23-19-8-4-3-7-17(18)19/h3-12H,2,13-16H2,1H3. The van der Waals surface area contributed by atoms with E-state index in [0.717, 1.165) is 41.0 Å². The van der Waals surface area contributed by atoms with Crippen LogP contribution in [0.2, 0.25) is 0 Å². The topological polar surface area (TPSA) is 45.7 Å². The van der Waals surface area contributed by atoms with Crippen molar-refractivity contribution in [3.05, 3.63) is 66.4 Å². The van der Waals surface area contributed by atoms with Crippen LogP contribution in [0.5, 0.6) is 5.75 Å². The highest BCUT2D eigenvalue weighted by Crippen LogP contribution is 2.29. The Bertz CT molecular complexity index is 944. The normalized spacial score (nSPS) is 14.4. The van der Waals surface area contributed by atoms with E-state index in [9.17, 15) is 4.79 Å². The summed E-state index contributed by atoms with van der Waals surface area (Å²) in [4.78, 5) is 21.7. The number of carbonyl (C=O) groups is 1. The van der Waals surface area contributed by atoms with Crippen molar-refractivity contribution < 1.29 is 9.53 Å². The number of hydrogen-bond acceptors (Lipinski definition) is 4. The van der Waals surface area contributed by atoms with Gasteiger partial charge in [-0.2, -0.15) is 0 Å². The number of aromatic nitrogens is 1. The summed E-state index contributed by atoms with van der Waals surface area (Å²) < 4.78 is 5.75. The largest absolute Gasteiger partial charge is 0.492 e. The van der Waals surface area contributed by atoms with Gasteiger partial charge in [0.1, 0.15) is 5.75 Å². The monoisotopic (exact) mass is 361 g/mol. The van der Waals surface area contributed by atoms with Gasteiger partial charge in [-0.1, -0.05) is 30.3 Å². The van der Waals surface area contributed by atoms with Crippen molar-refractivity contribution in [2.45, 2.75) is 6.92 Å². The number of para-hydroxylation sites is 3. The zero-order valence-corrected chi connectivity index (χ0v) is 15.5. The zero-order chi connectivity index (χ0) is 18.6. The van der Waals surface area contributed by atoms with Gasteiger partial charge in [-0.3, -0.25) is 9.78 Å². The fraction of sp³-hybridized carbons (Fsp3) is 0.273. The maximum atomic E-state index is 13.1. The fourth-order valence-corrected chi connectivity index (χ4v) is 3.60. The number of ether oxygens (including phenoxy) is 1. The van der Waals surface area contributed by atoms with Crippen LogP contribution in [-0.4, -0.2) is 48.6 Å². The summed E-state index contributed by atoms with van der Waals surface area (Å²) in [6, 6.07) is 17.7. The average Bonchev–Trinajstić information content (AvgIpc) is 2.74. The number of piperazine rings is 1. The third-order valence-electron chi connectivity index (χ3n) is 4.95. The van der Waals surface area contributed by atoms with E-state index in [2.05, 4.69) is 16.0 Å². The van der Waals surface area contributed by atoms with Crippen LogP contribution >= 0.6 is 0 Å². The summed E-state index contributed by atoms with van der Waals surface area (Å²) in [7, 11) is 0. The lowest BCUT2D eigenvalue weighted by atomic mass is 10.1. The lowest BCUT2D eigenvalue weighted by Crippen LogP contribution is -2.49. The SMILES string of the molecule is CCOc1ccccc1N1CCN(C(=O)c2ccnc3ccccc23)CC1. The number of benzene rings is 2. The molecule has 0 saturated carbocycles. The molecule has 1 aliphatic rings. The van der Waals surface area contributed by atoms with E-state index >= 15 is 0 Å². The van der Waals surface area contributed by atoms with Crippen molar-refractivity contribution in [1.29, 1.82) is 0 Å². The van der Waals surface area contributed by atoms with Gasteiger partial charge in [-0.25, -0.2) is 0 Å². The first-order chi connectivity index (χ1) is 13.3. The lowest BCUT2D eigenvalue weighted by molar-refractivity contribution is 0.0748. The number of anilines is 1. The molecule has 4 rings (SSSR count). The first-order valence-electron chi connectivity index (χ1n) is 9.37. The smallest absolute Gasteiger partial charge is 0.254 e. The van der Waals surface area contributed by atoms with Gasteiger partial charge in [0, 0.05) is 37.8 Å². The molecular formula is C22H23N3O2. The summed E-state index contributed by atoms with van der Waals surface area (Å²) in [5.41, 5.74) is 2.68. The Hall–Kier alpha value is -3.08. The van der Waals surface area contributed by atoms with E-state index in [0.29, 0.717) is 19.7 Å². The number of pyridine rings is 1. The molecule has 0 spiro atoms. The van der Waals surface area contributed by atoms with Crippen LogP contribution in [0.25, 0.3) is 10.9 Å². The summed E-state index contributed by atoms with van der Waals surface area (Å²) in [6.07, 6.45) is 1.71. The summed E-state index contributed by atoms with van der Waals surface area (Å²) in [5.74, 6) is 0.978. The predicted molar refractivity (Wildman–Crippen MR) is 107 cm³/mol. The van der Waals surface area contributed by atoms with Crippen LogP contribution in [0.15, 0.2) is 60.8 Å². The van der Waals surface area contributed by atoms with Gasteiger partial charge in [-0.05, 0) is 31.2 Å². The van der Waals surface area contributed by atoms with Gasteiger partial charge in [0.2, 0.25) is 0 Å². The molecule has 0 N–H and O–H groups in total. The van der Waals surface area contributed by atoms with Crippen LogP contribution in [0.4, 0.5) is 5.69 Å². The van der Waals surface area contributed by atoms with Crippen molar-refractivity contribution in [1.82, 2.24) is 9.88 Å². The minimum absolute atomic E-state index is 0.0753. The van der Waals surface area contributed by atoms with Crippen LogP contribution in [-0.2, 0) is 0 Å². The molecule has 0 radical (unpaired) electrons. The Labute approximate surface area is 159 Å². The zero-order valence-electron chi connectivity index (χ0n) is 15.5. The maximum Gasteiger partial charge on any atom is 0.254 e. The Morgan fingerprint density at radius 1 is 1.00 bits per heavy atom. The molecule has 0 aliphatic carbocycles. The molecule has 5 nitrogen and oxygen atoms in total. The minimum atomic E-state index is 0.0753. The number of fused-ring (bicyclic) bond motifs is 1. The second-order valence-electron chi connectivity index (χ2n) is 6.56. The van der Waals surface area contributed by atoms with Crippen molar-refractivity contribution in [2.75, 3.05) is 37.7 Å². The summed E-state index contributed by atoms with van der Waals surface area (Å²) in [5, 5.41) is 0.911. The third-order valence-corrected chi connectivity index (χ3v) is 4.95. The molecule has 1 aliphatic heterocycles. The summed E-state index contributed by atoms with van der Waals surface area (Å²) in [6.45, 7) is 5.60. The van der Waals surface area contributed by atoms with Crippen molar-refractivity contribution >= 4 is 22.5 Å². The molecule has 0 atom stereocenters. The molecule has 1 aromatic heterocycles. The first-order valence-corrected chi connectivity index (χ1v) is 9.37. The van der Waals surface area contributed by atoms with E-state index < -0.39 is 0 Å². The molecule has 0 bridgehead atoms. The maximum absolute atomic E-state index is 13.1. The molecule has 3 aromatic rings. The molecule has 1 saturated heterocycles. The Morgan fingerprint density at radius 2 is 1.74 bits per heavy atom. The number of amides is 1. The minimum Gasteiger partial charge on any atom is -0.492 e. The van der Waals surface area contributed by atoms with E-state index in [4.69, 9.17) is 4.74 Å². The van der Waals surface area contributed by atoms with Crippen molar-refractivity contribution in [3.8, 4) is 5.75 Å². The number of hydrogen-bond donors (Lipinski definition) is 0. The highest BCUT2D eigenvalue weighted by Gasteiger charge is 2.24. The van der Waals surface area contributed by atoms with Gasteiger partial charge < -0.3 is 14.5 Å². The van der Waals surface area contributed by atoms with E-state index in [1.54, 1.807) is 6.20 Å². The number of rotatable bonds is 4. The predicted octanol–water partition coefficient (Wildman–Crippen LogP) is 3.60. The number of nitrogens with zero attached hydrogens (tertiary/aromatic N) is 3. The molecule has 1 amide bonds. The molecular weight excluding hydrogens is 338 g/mol. The van der Waals surface area contributed by atoms with Crippen LogP contribution < -0.4 is 9.64 Å². The first kappa shape index (κ1) is 17.3. The van der Waals surface area contributed by atoms with Crippen molar-refractivity contribution in [2.24, 2.45) is 0 Å². The van der Waals surface area contributed by atoms with E-state index in [1.807, 2.05) is 60.4 Å². The highest BCUT2D eigenvalue weighted by molar-refractivity contribution is 6.06. The quantitative estimate of drug-likeness (QED) is 0.712. The van der Waals surface area contributed by atoms with Gasteiger partial charge in [-0.15, -0.1) is 0 Å². The van der Waals surface area contributed by atoms with Gasteiger partial charge in [0.05, 0.1) is 23.4 Å². The second kappa shape index (κ2) is 7.66. The highest BCUT2D eigenvalue weighted by atomic mass is 16.5. The Balaban J connectivity index is 1.50. The molecule has 1 fully saturated rings. The fourth-order valence-electron chi connectivity index (χ4n) is 3.60. The molecule has 5 heteroatoms. The number of carbonyl (C=O) groups excluding carboxylic acids is 1. The summed E-state index contributed by atoms with van der Waals surface area (Å²) >= 11 is 0. The van der Waals surface area contributed by atoms with Crippen LogP contribution in [0.3, 0.4) is 0 Å². The molecule has 27 heavy (non-hydrogen) atoms. The van der Waals surface area contributed by atoms with Gasteiger partial charge in [0.15, 0.2) is 0 Å². The average molecular weight is 361 g/mol. The van der Waals surface area contributed by atoms with Gasteiger partial charge >= 0.3 is 0 Å². The van der Waals surface area contributed by atoms with Crippen LogP contribution in [0.1, 0.15) is 17.3 Å². The van der Waals surface area contributed by atoms with Gasteiger partial charge in [0.25, 0.3) is 5.91 Å². The molecule has 2 aromatic carbocycles. The lowest BCUT2D eigenvalue weighted by Gasteiger charge is -2.36. The molecule has 138 valence electrons. The van der Waals surface area contributed by atoms with Crippen LogP contribution in [0, 0.1) is 0 Å². The third kappa shape index (κ3) is 3.45. The Morgan fingerprint density at radius 3 is 2.56 bits per heavy atom. The molecule has 0 unspecified atom stereocenters. The van der Waals surface area contributed by atoms with E-state index in [1.165, 1.54) is 0 Å².